The average Bonchev–Trinajstić information content (AvgIpc) is 2.33. The minimum absolute atomic E-state index is 0.0342. The highest BCUT2D eigenvalue weighted by molar-refractivity contribution is 7.51. The second-order valence-corrected chi connectivity index (χ2v) is 5.89. The van der Waals surface area contributed by atoms with E-state index in [1.165, 1.54) is 0 Å². The Morgan fingerprint density at radius 1 is 1.00 bits per heavy atom. The molecule has 0 bridgehead atoms. The van der Waals surface area contributed by atoms with E-state index in [9.17, 15) is 19.9 Å². The van der Waals surface area contributed by atoms with E-state index >= 15 is 0 Å². The Kier molecular flexibility index (Phi) is 8.92. The maximum atomic E-state index is 10.5. The monoisotopic (exact) mass is 304 g/mol. The van der Waals surface area contributed by atoms with Crippen LogP contribution < -0.4 is 0 Å². The normalized spacial score (nSPS) is 18.9. The average molecular weight is 304 g/mol. The topological polar surface area (TPSA) is 168 Å². The summed E-state index contributed by atoms with van der Waals surface area (Å²) in [4.78, 5) is 17.1. The van der Waals surface area contributed by atoms with Gasteiger partial charge in [-0.1, -0.05) is 0 Å². The minimum Gasteiger partial charge on any atom is -0.394 e. The summed E-state index contributed by atoms with van der Waals surface area (Å²) >= 11 is 0. The fourth-order valence-corrected chi connectivity index (χ4v) is 1.78. The van der Waals surface area contributed by atoms with Crippen LogP contribution in [0.25, 0.3) is 0 Å². The van der Waals surface area contributed by atoms with Crippen molar-refractivity contribution in [2.75, 3.05) is 26.0 Å². The van der Waals surface area contributed by atoms with Crippen molar-refractivity contribution < 1.29 is 44.6 Å². The predicted octanol–water partition coefficient (Wildman–Crippen LogP) is -2.99. The quantitative estimate of drug-likeness (QED) is 0.164. The molecule has 4 atom stereocenters. The molecule has 0 aromatic rings. The van der Waals surface area contributed by atoms with E-state index in [4.69, 9.17) is 24.7 Å². The number of aliphatic hydroxyl groups is 5. The van der Waals surface area contributed by atoms with Gasteiger partial charge in [-0.3, -0.25) is 4.57 Å². The first-order chi connectivity index (χ1) is 8.69. The lowest BCUT2D eigenvalue weighted by atomic mass is 10.0. The van der Waals surface area contributed by atoms with Crippen LogP contribution in [0.2, 0.25) is 0 Å². The predicted molar refractivity (Wildman–Crippen MR) is 63.5 cm³/mol. The van der Waals surface area contributed by atoms with Gasteiger partial charge in [0, 0.05) is 6.61 Å². The van der Waals surface area contributed by atoms with Crippen LogP contribution in [0.1, 0.15) is 6.42 Å². The van der Waals surface area contributed by atoms with Crippen molar-refractivity contribution in [3.63, 3.8) is 0 Å². The van der Waals surface area contributed by atoms with E-state index in [2.05, 4.69) is 0 Å². The van der Waals surface area contributed by atoms with Crippen molar-refractivity contribution in [1.29, 1.82) is 0 Å². The fourth-order valence-electron chi connectivity index (χ4n) is 1.24. The molecular formula is C9H21O9P. The van der Waals surface area contributed by atoms with Gasteiger partial charge >= 0.3 is 7.60 Å². The third kappa shape index (κ3) is 8.64. The lowest BCUT2D eigenvalue weighted by Crippen LogP contribution is -2.47. The summed E-state index contributed by atoms with van der Waals surface area (Å²) in [5.41, 5.74) is 0. The Balaban J connectivity index is 3.85. The summed E-state index contributed by atoms with van der Waals surface area (Å²) in [6, 6.07) is 0. The molecule has 10 heteroatoms. The molecule has 0 heterocycles. The molecule has 0 aliphatic heterocycles. The second-order valence-electron chi connectivity index (χ2n) is 4.12. The molecule has 0 radical (unpaired) electrons. The van der Waals surface area contributed by atoms with Crippen molar-refractivity contribution >= 4 is 7.60 Å². The SMILES string of the molecule is O=P(O)(O)CCCOC[C@H](O)[C@@H](O)[C@H](O)[C@H](O)CO. The van der Waals surface area contributed by atoms with Crippen LogP contribution >= 0.6 is 7.60 Å². The highest BCUT2D eigenvalue weighted by Crippen LogP contribution is 2.34. The molecule has 7 N–H and O–H groups in total. The molecule has 9 nitrogen and oxygen atoms in total. The third-order valence-corrected chi connectivity index (χ3v) is 3.25. The van der Waals surface area contributed by atoms with E-state index in [1.54, 1.807) is 0 Å². The van der Waals surface area contributed by atoms with Gasteiger partial charge in [0.2, 0.25) is 0 Å². The van der Waals surface area contributed by atoms with Gasteiger partial charge in [-0.25, -0.2) is 0 Å². The van der Waals surface area contributed by atoms with Crippen molar-refractivity contribution in [3.8, 4) is 0 Å². The summed E-state index contributed by atoms with van der Waals surface area (Å²) in [5, 5.41) is 45.7. The van der Waals surface area contributed by atoms with Crippen molar-refractivity contribution in [3.05, 3.63) is 0 Å². The van der Waals surface area contributed by atoms with Crippen molar-refractivity contribution in [2.24, 2.45) is 0 Å². The Morgan fingerprint density at radius 2 is 1.53 bits per heavy atom. The third-order valence-electron chi connectivity index (χ3n) is 2.35. The van der Waals surface area contributed by atoms with E-state index in [1.807, 2.05) is 0 Å². The van der Waals surface area contributed by atoms with Gasteiger partial charge in [-0.15, -0.1) is 0 Å². The fraction of sp³-hybridized carbons (Fsp3) is 1.00. The molecule has 0 saturated carbocycles. The first-order valence-corrected chi connectivity index (χ1v) is 7.44. The van der Waals surface area contributed by atoms with E-state index in [-0.39, 0.29) is 25.8 Å². The first-order valence-electron chi connectivity index (χ1n) is 5.64. The number of ether oxygens (including phenoxy) is 1. The van der Waals surface area contributed by atoms with Crippen molar-refractivity contribution in [2.45, 2.75) is 30.8 Å². The van der Waals surface area contributed by atoms with E-state index < -0.39 is 38.6 Å². The van der Waals surface area contributed by atoms with Crippen LogP contribution in [0.3, 0.4) is 0 Å². The maximum Gasteiger partial charge on any atom is 0.325 e. The van der Waals surface area contributed by atoms with Crippen LogP contribution in [0.4, 0.5) is 0 Å². The largest absolute Gasteiger partial charge is 0.394 e. The van der Waals surface area contributed by atoms with Gasteiger partial charge < -0.3 is 40.1 Å². The smallest absolute Gasteiger partial charge is 0.325 e. The molecule has 19 heavy (non-hydrogen) atoms. The number of hydrogen-bond acceptors (Lipinski definition) is 7. The van der Waals surface area contributed by atoms with Crippen LogP contribution in [-0.2, 0) is 9.30 Å². The first kappa shape index (κ1) is 18.9. The maximum absolute atomic E-state index is 10.5. The molecule has 0 saturated heterocycles. The molecule has 0 spiro atoms. The molecule has 0 amide bonds. The molecule has 116 valence electrons. The van der Waals surface area contributed by atoms with Gasteiger partial charge in [-0.2, -0.15) is 0 Å². The summed E-state index contributed by atoms with van der Waals surface area (Å²) in [7, 11) is -4.07. The minimum atomic E-state index is -4.07. The van der Waals surface area contributed by atoms with Crippen LogP contribution in [-0.4, -0.2) is 85.7 Å². The van der Waals surface area contributed by atoms with Crippen molar-refractivity contribution in [1.82, 2.24) is 0 Å². The zero-order valence-electron chi connectivity index (χ0n) is 10.2. The van der Waals surface area contributed by atoms with Gasteiger partial charge in [0.25, 0.3) is 0 Å². The van der Waals surface area contributed by atoms with Gasteiger partial charge in [0.15, 0.2) is 0 Å². The zero-order valence-corrected chi connectivity index (χ0v) is 11.1. The summed E-state index contributed by atoms with van der Waals surface area (Å²) in [6.45, 7) is -1.18. The van der Waals surface area contributed by atoms with Gasteiger partial charge in [0.1, 0.15) is 24.4 Å². The lowest BCUT2D eigenvalue weighted by Gasteiger charge is -2.25. The summed E-state index contributed by atoms with van der Waals surface area (Å²) in [5.74, 6) is 0. The highest BCUT2D eigenvalue weighted by atomic mass is 31.2. The molecule has 0 rings (SSSR count). The molecule has 0 fully saturated rings. The Morgan fingerprint density at radius 3 is 2.00 bits per heavy atom. The summed E-state index contributed by atoms with van der Waals surface area (Å²) < 4.78 is 15.4. The second kappa shape index (κ2) is 8.96. The molecule has 0 unspecified atom stereocenters. The van der Waals surface area contributed by atoms with Crippen LogP contribution in [0, 0.1) is 0 Å². The Labute approximate surface area is 110 Å². The van der Waals surface area contributed by atoms with E-state index in [0.29, 0.717) is 0 Å². The molecular weight excluding hydrogens is 283 g/mol. The molecule has 0 aromatic carbocycles. The van der Waals surface area contributed by atoms with E-state index in [0.717, 1.165) is 0 Å². The molecule has 0 aliphatic rings. The number of hydrogen-bond donors (Lipinski definition) is 7. The zero-order chi connectivity index (χ0) is 15.1. The van der Waals surface area contributed by atoms with Gasteiger partial charge in [-0.05, 0) is 6.42 Å². The standard InChI is InChI=1S/C9H21O9P/c10-4-6(11)8(13)9(14)7(12)5-18-2-1-3-19(15,16)17/h6-14H,1-5H2,(H2,15,16,17)/t6-,7+,8-,9-/m1/s1. The lowest BCUT2D eigenvalue weighted by molar-refractivity contribution is -0.129. The number of aliphatic hydroxyl groups excluding tert-OH is 5. The van der Waals surface area contributed by atoms with Gasteiger partial charge in [0.05, 0.1) is 19.4 Å². The molecule has 0 aromatic heterocycles. The van der Waals surface area contributed by atoms with Crippen LogP contribution in [0.5, 0.6) is 0 Å². The highest BCUT2D eigenvalue weighted by Gasteiger charge is 2.30. The summed E-state index contributed by atoms with van der Waals surface area (Å²) in [6.07, 6.45) is -6.78. The van der Waals surface area contributed by atoms with Crippen LogP contribution in [0.15, 0.2) is 0 Å². The Bertz CT molecular complexity index is 281. The molecule has 0 aliphatic carbocycles. The Hall–Kier alpha value is -0.0900. The number of rotatable bonds is 10.